The molecule has 4 heteroatoms. The Morgan fingerprint density at radius 1 is 0.926 bits per heavy atom. The van der Waals surface area contributed by atoms with E-state index in [9.17, 15) is 0 Å². The highest BCUT2D eigenvalue weighted by atomic mass is 35.5. The van der Waals surface area contributed by atoms with Crippen LogP contribution in [0, 0.1) is 0 Å². The second-order valence-electron chi connectivity index (χ2n) is 7.27. The molecule has 0 amide bonds. The Bertz CT molecular complexity index is 1030. The van der Waals surface area contributed by atoms with Gasteiger partial charge in [-0.15, -0.1) is 0 Å². The van der Waals surface area contributed by atoms with Crippen LogP contribution < -0.4 is 9.30 Å². The molecule has 2 aliphatic rings. The molecule has 3 nitrogen and oxygen atoms in total. The summed E-state index contributed by atoms with van der Waals surface area (Å²) in [6.45, 7) is 2.00. The summed E-state index contributed by atoms with van der Waals surface area (Å²) in [7, 11) is 1.71. The highest BCUT2D eigenvalue weighted by molar-refractivity contribution is 6.30. The zero-order valence-electron chi connectivity index (χ0n) is 15.4. The SMILES string of the molecule is COc1ccc(C2=C3CCCCn4c(-c5ccc(Cl)cc5)c[n+](c43)C2)cc1. The number of rotatable bonds is 3. The molecule has 3 aromatic rings. The second kappa shape index (κ2) is 6.58. The third kappa shape index (κ3) is 2.78. The van der Waals surface area contributed by atoms with Crippen LogP contribution >= 0.6 is 11.6 Å². The molecule has 136 valence electrons. The third-order valence-electron chi connectivity index (χ3n) is 5.70. The van der Waals surface area contributed by atoms with E-state index in [0.717, 1.165) is 30.3 Å². The van der Waals surface area contributed by atoms with Gasteiger partial charge in [0.15, 0.2) is 5.69 Å². The quantitative estimate of drug-likeness (QED) is 0.573. The first-order valence-electron chi connectivity index (χ1n) is 9.50. The van der Waals surface area contributed by atoms with Gasteiger partial charge in [-0.3, -0.25) is 0 Å². The van der Waals surface area contributed by atoms with E-state index in [1.54, 1.807) is 7.11 Å². The molecule has 1 aromatic heterocycles. The van der Waals surface area contributed by atoms with Gasteiger partial charge < -0.3 is 4.74 Å². The molecule has 0 bridgehead atoms. The van der Waals surface area contributed by atoms with Gasteiger partial charge in [0.05, 0.1) is 13.7 Å². The van der Waals surface area contributed by atoms with Crippen LogP contribution in [0.1, 0.15) is 30.7 Å². The minimum atomic E-state index is 0.781. The van der Waals surface area contributed by atoms with Gasteiger partial charge >= 0.3 is 0 Å². The Labute approximate surface area is 164 Å². The highest BCUT2D eigenvalue weighted by Crippen LogP contribution is 2.38. The smallest absolute Gasteiger partial charge is 0.285 e. The van der Waals surface area contributed by atoms with Gasteiger partial charge in [0.2, 0.25) is 0 Å². The molecule has 0 fully saturated rings. The van der Waals surface area contributed by atoms with Crippen molar-refractivity contribution in [3.05, 3.63) is 71.1 Å². The molecule has 0 aliphatic carbocycles. The fourth-order valence-electron chi connectivity index (χ4n) is 4.37. The molecule has 2 aromatic carbocycles. The number of ether oxygens (including phenoxy) is 1. The lowest BCUT2D eigenvalue weighted by Crippen LogP contribution is -2.32. The van der Waals surface area contributed by atoms with Crippen LogP contribution in [0.4, 0.5) is 0 Å². The molecular formula is C23H22ClN2O+. The Balaban J connectivity index is 1.63. The minimum Gasteiger partial charge on any atom is -0.497 e. The molecule has 2 aliphatic heterocycles. The van der Waals surface area contributed by atoms with Crippen molar-refractivity contribution in [2.45, 2.75) is 32.4 Å². The topological polar surface area (TPSA) is 18.0 Å². The van der Waals surface area contributed by atoms with Crippen molar-refractivity contribution in [2.24, 2.45) is 0 Å². The molecule has 3 heterocycles. The molecule has 27 heavy (non-hydrogen) atoms. The Hall–Kier alpha value is -2.52. The van der Waals surface area contributed by atoms with Gasteiger partial charge in [-0.2, -0.15) is 0 Å². The average molecular weight is 378 g/mol. The summed E-state index contributed by atoms with van der Waals surface area (Å²) >= 11 is 6.09. The maximum atomic E-state index is 6.09. The van der Waals surface area contributed by atoms with E-state index in [0.29, 0.717) is 0 Å². The van der Waals surface area contributed by atoms with Crippen LogP contribution in [0.25, 0.3) is 22.4 Å². The fourth-order valence-corrected chi connectivity index (χ4v) is 4.50. The maximum absolute atomic E-state index is 6.09. The van der Waals surface area contributed by atoms with Crippen molar-refractivity contribution < 1.29 is 9.30 Å². The first kappa shape index (κ1) is 16.6. The number of hydrogen-bond donors (Lipinski definition) is 0. The lowest BCUT2D eigenvalue weighted by molar-refractivity contribution is -0.681. The lowest BCUT2D eigenvalue weighted by atomic mass is 9.98. The molecule has 0 spiro atoms. The number of benzene rings is 2. The van der Waals surface area contributed by atoms with Crippen LogP contribution in [-0.2, 0) is 13.1 Å². The van der Waals surface area contributed by atoms with Gasteiger partial charge in [0.25, 0.3) is 5.82 Å². The van der Waals surface area contributed by atoms with Gasteiger partial charge in [0, 0.05) is 21.7 Å². The summed E-state index contributed by atoms with van der Waals surface area (Å²) in [6.07, 6.45) is 5.89. The normalized spacial score (nSPS) is 15.6. The van der Waals surface area contributed by atoms with Gasteiger partial charge in [-0.1, -0.05) is 23.7 Å². The van der Waals surface area contributed by atoms with Crippen molar-refractivity contribution in [1.29, 1.82) is 0 Å². The third-order valence-corrected chi connectivity index (χ3v) is 5.95. The van der Waals surface area contributed by atoms with Crippen molar-refractivity contribution in [3.63, 3.8) is 0 Å². The van der Waals surface area contributed by atoms with E-state index < -0.39 is 0 Å². The largest absolute Gasteiger partial charge is 0.497 e. The van der Waals surface area contributed by atoms with Crippen molar-refractivity contribution in [1.82, 2.24) is 4.57 Å². The van der Waals surface area contributed by atoms with E-state index in [2.05, 4.69) is 51.7 Å². The van der Waals surface area contributed by atoms with E-state index in [-0.39, 0.29) is 0 Å². The molecule has 0 saturated carbocycles. The molecule has 0 N–H and O–H groups in total. The van der Waals surface area contributed by atoms with Crippen molar-refractivity contribution in [3.8, 4) is 17.0 Å². The predicted molar refractivity (Wildman–Crippen MR) is 109 cm³/mol. The van der Waals surface area contributed by atoms with E-state index in [4.69, 9.17) is 16.3 Å². The molecular weight excluding hydrogens is 356 g/mol. The average Bonchev–Trinajstić information content (AvgIpc) is 3.13. The Morgan fingerprint density at radius 3 is 2.41 bits per heavy atom. The predicted octanol–water partition coefficient (Wildman–Crippen LogP) is 5.21. The van der Waals surface area contributed by atoms with Gasteiger partial charge in [-0.05, 0) is 61.2 Å². The standard InChI is InChI=1S/C23H22ClN2O/c1-27-19-11-7-16(8-12-19)21-14-25-15-22(17-5-9-18(24)10-6-17)26-13-3-2-4-20(21)23(25)26/h5-12,15H,2-4,13-14H2,1H3/q+1. The number of methoxy groups -OCH3 is 1. The van der Waals surface area contributed by atoms with Crippen LogP contribution in [0.15, 0.2) is 54.7 Å². The van der Waals surface area contributed by atoms with E-state index in [1.807, 2.05) is 12.1 Å². The van der Waals surface area contributed by atoms with Crippen molar-refractivity contribution >= 4 is 22.7 Å². The summed E-state index contributed by atoms with van der Waals surface area (Å²) in [5, 5.41) is 0.781. The van der Waals surface area contributed by atoms with Gasteiger partial charge in [-0.25, -0.2) is 9.13 Å². The highest BCUT2D eigenvalue weighted by Gasteiger charge is 2.36. The van der Waals surface area contributed by atoms with Gasteiger partial charge in [0.1, 0.15) is 18.5 Å². The summed E-state index contributed by atoms with van der Waals surface area (Å²) in [5.74, 6) is 2.28. The first-order chi connectivity index (χ1) is 13.2. The minimum absolute atomic E-state index is 0.781. The summed E-state index contributed by atoms with van der Waals surface area (Å²) in [6, 6.07) is 16.7. The lowest BCUT2D eigenvalue weighted by Gasteiger charge is -2.06. The van der Waals surface area contributed by atoms with Crippen LogP contribution in [-0.4, -0.2) is 11.7 Å². The second-order valence-corrected chi connectivity index (χ2v) is 7.70. The molecule has 0 atom stereocenters. The molecule has 0 radical (unpaired) electrons. The fraction of sp³-hybridized carbons (Fsp3) is 0.261. The van der Waals surface area contributed by atoms with Crippen molar-refractivity contribution in [2.75, 3.05) is 7.11 Å². The summed E-state index contributed by atoms with van der Waals surface area (Å²) in [4.78, 5) is 0. The number of allylic oxidation sites excluding steroid dienone is 2. The Morgan fingerprint density at radius 2 is 1.67 bits per heavy atom. The molecule has 5 rings (SSSR count). The zero-order chi connectivity index (χ0) is 18.4. The van der Waals surface area contributed by atoms with Crippen LogP contribution in [0.5, 0.6) is 5.75 Å². The van der Waals surface area contributed by atoms with Crippen LogP contribution in [0.2, 0.25) is 5.02 Å². The van der Waals surface area contributed by atoms with Crippen LogP contribution in [0.3, 0.4) is 0 Å². The number of hydrogen-bond acceptors (Lipinski definition) is 1. The van der Waals surface area contributed by atoms with E-state index >= 15 is 0 Å². The summed E-state index contributed by atoms with van der Waals surface area (Å²) < 4.78 is 10.2. The maximum Gasteiger partial charge on any atom is 0.285 e. The first-order valence-corrected chi connectivity index (χ1v) is 9.88. The van der Waals surface area contributed by atoms with E-state index in [1.165, 1.54) is 46.6 Å². The zero-order valence-corrected chi connectivity index (χ0v) is 16.2. The molecule has 0 saturated heterocycles. The Kier molecular flexibility index (Phi) is 4.05. The molecule has 0 unspecified atom stereocenters. The summed E-state index contributed by atoms with van der Waals surface area (Å²) in [5.41, 5.74) is 6.77. The number of nitrogens with zero attached hydrogens (tertiary/aromatic N) is 2. The number of halogens is 1. The monoisotopic (exact) mass is 377 g/mol. The number of imidazole rings is 1. The number of aromatic nitrogens is 2.